The molecule has 0 aromatic heterocycles. The zero-order chi connectivity index (χ0) is 22.3. The highest BCUT2D eigenvalue weighted by Crippen LogP contribution is 2.52. The van der Waals surface area contributed by atoms with E-state index in [2.05, 4.69) is 33.0 Å². The molecule has 2 fully saturated rings. The van der Waals surface area contributed by atoms with E-state index in [-0.39, 0.29) is 11.4 Å². The number of esters is 1. The van der Waals surface area contributed by atoms with E-state index in [1.165, 1.54) is 0 Å². The number of carbonyl (C=O) groups is 2. The first-order chi connectivity index (χ1) is 13.1. The lowest BCUT2D eigenvalue weighted by Gasteiger charge is -2.54. The van der Waals surface area contributed by atoms with Crippen LogP contribution in [0.15, 0.2) is 0 Å². The maximum atomic E-state index is 13.4. The van der Waals surface area contributed by atoms with Crippen LogP contribution in [0.3, 0.4) is 0 Å². The van der Waals surface area contributed by atoms with Crippen LogP contribution in [0.25, 0.3) is 0 Å². The Labute approximate surface area is 176 Å². The molecule has 0 spiro atoms. The molecule has 0 aromatic carbocycles. The van der Waals surface area contributed by atoms with Crippen molar-refractivity contribution in [2.24, 2.45) is 17.3 Å². The molecule has 0 amide bonds. The molecule has 6 atom stereocenters. The topological polar surface area (TPSA) is 84.9 Å². The van der Waals surface area contributed by atoms with Crippen LogP contribution in [0.5, 0.6) is 0 Å². The van der Waals surface area contributed by atoms with Gasteiger partial charge < -0.3 is 19.9 Å². The molecule has 2 rings (SSSR count). The zero-order valence-corrected chi connectivity index (χ0v) is 19.6. The Morgan fingerprint density at radius 3 is 2.34 bits per heavy atom. The predicted molar refractivity (Wildman–Crippen MR) is 113 cm³/mol. The highest BCUT2D eigenvalue weighted by Gasteiger charge is 2.54. The van der Waals surface area contributed by atoms with Gasteiger partial charge in [0.1, 0.15) is 11.1 Å². The third-order valence-electron chi connectivity index (χ3n) is 6.54. The number of hydrogen-bond acceptors (Lipinski definition) is 5. The lowest BCUT2D eigenvalue weighted by molar-refractivity contribution is -0.214. The molecule has 2 N–H and O–H groups in total. The summed E-state index contributed by atoms with van der Waals surface area (Å²) in [7, 11) is 1.81. The van der Waals surface area contributed by atoms with Gasteiger partial charge in [-0.3, -0.25) is 4.79 Å². The van der Waals surface area contributed by atoms with Crippen molar-refractivity contribution in [1.82, 2.24) is 5.32 Å². The van der Waals surface area contributed by atoms with Gasteiger partial charge in [0.25, 0.3) is 0 Å². The van der Waals surface area contributed by atoms with Gasteiger partial charge in [0, 0.05) is 6.42 Å². The maximum absolute atomic E-state index is 13.4. The Kier molecular flexibility index (Phi) is 6.81. The fourth-order valence-corrected chi connectivity index (χ4v) is 5.96. The molecule has 0 saturated heterocycles. The number of likely N-dealkylation sites (N-methyl/N-ethyl adjacent to an activating group) is 1. The van der Waals surface area contributed by atoms with Crippen LogP contribution in [0.4, 0.5) is 0 Å². The minimum atomic E-state index is -0.964. The van der Waals surface area contributed by atoms with Crippen molar-refractivity contribution in [3.8, 4) is 0 Å². The average molecular weight is 412 g/mol. The Hall–Kier alpha value is -1.14. The Balaban J connectivity index is 2.27. The summed E-state index contributed by atoms with van der Waals surface area (Å²) in [4.78, 5) is 24.7. The van der Waals surface area contributed by atoms with Crippen LogP contribution in [-0.4, -0.2) is 46.9 Å². The second-order valence-electron chi connectivity index (χ2n) is 11.4. The number of carboxylic acid groups (broad SMARTS) is 1. The molecule has 0 aromatic rings. The van der Waals surface area contributed by atoms with Crippen molar-refractivity contribution in [2.45, 2.75) is 110 Å². The fourth-order valence-electron chi connectivity index (χ4n) is 5.96. The number of ether oxygens (including phenoxy) is 2. The van der Waals surface area contributed by atoms with Gasteiger partial charge in [0.15, 0.2) is 6.10 Å². The summed E-state index contributed by atoms with van der Waals surface area (Å²) < 4.78 is 12.3. The third kappa shape index (κ3) is 5.94. The summed E-state index contributed by atoms with van der Waals surface area (Å²) >= 11 is 0. The molecule has 0 heterocycles. The first-order valence-electron chi connectivity index (χ1n) is 10.9. The van der Waals surface area contributed by atoms with E-state index in [0.717, 1.165) is 25.7 Å². The number of carbonyl (C=O) groups excluding carboxylic acids is 1. The van der Waals surface area contributed by atoms with Gasteiger partial charge >= 0.3 is 11.9 Å². The summed E-state index contributed by atoms with van der Waals surface area (Å²) in [5.74, 6) is -0.353. The summed E-state index contributed by atoms with van der Waals surface area (Å²) in [5.41, 5.74) is -2.01. The molecule has 6 unspecified atom stereocenters. The first-order valence-corrected chi connectivity index (χ1v) is 10.9. The van der Waals surface area contributed by atoms with E-state index in [1.54, 1.807) is 14.0 Å². The SMILES string of the molecule is CNC(C)(CC(C)(C)C)C(=O)OC12CC(C)CC(CC(C)(OC(C)C(=O)O)C1)C2. The van der Waals surface area contributed by atoms with E-state index in [9.17, 15) is 14.7 Å². The molecule has 2 bridgehead atoms. The lowest BCUT2D eigenvalue weighted by Crippen LogP contribution is -2.59. The van der Waals surface area contributed by atoms with Gasteiger partial charge in [0.05, 0.1) is 5.60 Å². The second-order valence-corrected chi connectivity index (χ2v) is 11.4. The molecule has 2 aliphatic carbocycles. The fraction of sp³-hybridized carbons (Fsp3) is 0.913. The van der Waals surface area contributed by atoms with Crippen molar-refractivity contribution in [1.29, 1.82) is 0 Å². The predicted octanol–water partition coefficient (Wildman–Crippen LogP) is 4.16. The Morgan fingerprint density at radius 1 is 1.21 bits per heavy atom. The Bertz CT molecular complexity index is 625. The van der Waals surface area contributed by atoms with Crippen molar-refractivity contribution >= 4 is 11.9 Å². The molecule has 168 valence electrons. The summed E-state index contributed by atoms with van der Waals surface area (Å²) in [6.07, 6.45) is 3.81. The summed E-state index contributed by atoms with van der Waals surface area (Å²) in [5, 5.41) is 12.5. The molecule has 6 nitrogen and oxygen atoms in total. The quantitative estimate of drug-likeness (QED) is 0.612. The van der Waals surface area contributed by atoms with Crippen LogP contribution in [0.1, 0.15) is 87.0 Å². The van der Waals surface area contributed by atoms with E-state index >= 15 is 0 Å². The van der Waals surface area contributed by atoms with Crippen molar-refractivity contribution < 1.29 is 24.2 Å². The van der Waals surface area contributed by atoms with Gasteiger partial charge in [0.2, 0.25) is 0 Å². The summed E-state index contributed by atoms with van der Waals surface area (Å²) in [6.45, 7) is 14.0. The molecule has 0 radical (unpaired) electrons. The van der Waals surface area contributed by atoms with Crippen LogP contribution in [-0.2, 0) is 19.1 Å². The highest BCUT2D eigenvalue weighted by molar-refractivity contribution is 5.81. The van der Waals surface area contributed by atoms with Crippen molar-refractivity contribution in [2.75, 3.05) is 7.05 Å². The van der Waals surface area contributed by atoms with Gasteiger partial charge in [-0.15, -0.1) is 0 Å². The first kappa shape index (κ1) is 24.1. The van der Waals surface area contributed by atoms with Crippen LogP contribution in [0, 0.1) is 17.3 Å². The number of hydrogen-bond donors (Lipinski definition) is 2. The molecule has 6 heteroatoms. The number of carboxylic acids is 1. The van der Waals surface area contributed by atoms with Crippen LogP contribution < -0.4 is 5.32 Å². The normalized spacial score (nSPS) is 35.4. The molecular formula is C23H41NO5. The molecule has 2 saturated carbocycles. The monoisotopic (exact) mass is 411 g/mol. The van der Waals surface area contributed by atoms with E-state index < -0.39 is 28.8 Å². The largest absolute Gasteiger partial charge is 0.479 e. The molecular weight excluding hydrogens is 370 g/mol. The van der Waals surface area contributed by atoms with E-state index in [1.807, 2.05) is 13.8 Å². The standard InChI is InChI=1S/C23H41NO5/c1-15-9-17-11-21(6,28-16(2)18(25)26)14-23(10-15,12-17)29-19(27)22(7,24-8)13-20(3,4)5/h15-17,24H,9-14H2,1-8H3,(H,25,26). The minimum absolute atomic E-state index is 0.0298. The number of rotatable bonds is 7. The maximum Gasteiger partial charge on any atom is 0.332 e. The Morgan fingerprint density at radius 2 is 1.83 bits per heavy atom. The third-order valence-corrected chi connectivity index (χ3v) is 6.54. The second kappa shape index (κ2) is 8.18. The van der Waals surface area contributed by atoms with Gasteiger partial charge in [-0.1, -0.05) is 27.7 Å². The van der Waals surface area contributed by atoms with E-state index in [0.29, 0.717) is 24.7 Å². The van der Waals surface area contributed by atoms with Gasteiger partial charge in [-0.2, -0.15) is 0 Å². The van der Waals surface area contributed by atoms with Gasteiger partial charge in [-0.05, 0) is 77.2 Å². The molecule has 0 aliphatic heterocycles. The summed E-state index contributed by atoms with van der Waals surface area (Å²) in [6, 6.07) is 0. The molecule has 29 heavy (non-hydrogen) atoms. The lowest BCUT2D eigenvalue weighted by atomic mass is 9.61. The smallest absolute Gasteiger partial charge is 0.332 e. The van der Waals surface area contributed by atoms with Crippen molar-refractivity contribution in [3.63, 3.8) is 0 Å². The zero-order valence-electron chi connectivity index (χ0n) is 19.6. The number of aliphatic carboxylic acids is 1. The van der Waals surface area contributed by atoms with Gasteiger partial charge in [-0.25, -0.2) is 4.79 Å². The minimum Gasteiger partial charge on any atom is -0.479 e. The van der Waals surface area contributed by atoms with Crippen LogP contribution >= 0.6 is 0 Å². The average Bonchev–Trinajstić information content (AvgIpc) is 2.50. The van der Waals surface area contributed by atoms with E-state index in [4.69, 9.17) is 9.47 Å². The molecule has 2 aliphatic rings. The number of nitrogens with one attached hydrogen (secondary N) is 1. The number of fused-ring (bicyclic) bond motifs is 2. The van der Waals surface area contributed by atoms with Crippen molar-refractivity contribution in [3.05, 3.63) is 0 Å². The van der Waals surface area contributed by atoms with Crippen LogP contribution in [0.2, 0.25) is 0 Å². The highest BCUT2D eigenvalue weighted by atomic mass is 16.6.